The molecule has 0 aliphatic carbocycles. The predicted octanol–water partition coefficient (Wildman–Crippen LogP) is 0.389. The van der Waals surface area contributed by atoms with Crippen LogP contribution >= 0.6 is 0 Å². The average molecular weight is 241 g/mol. The first-order valence-corrected chi connectivity index (χ1v) is 6.89. The van der Waals surface area contributed by atoms with Gasteiger partial charge in [0.15, 0.2) is 0 Å². The molecule has 2 rings (SSSR count). The fourth-order valence-electron chi connectivity index (χ4n) is 2.76. The quantitative estimate of drug-likeness (QED) is 0.773. The van der Waals surface area contributed by atoms with Crippen LogP contribution in [-0.4, -0.2) is 74.9 Å². The summed E-state index contributed by atoms with van der Waals surface area (Å²) in [6.07, 6.45) is 2.91. The van der Waals surface area contributed by atoms with Crippen LogP contribution in [0, 0.1) is 0 Å². The number of rotatable bonds is 3. The van der Waals surface area contributed by atoms with E-state index in [-0.39, 0.29) is 0 Å². The molecule has 0 bridgehead atoms. The summed E-state index contributed by atoms with van der Waals surface area (Å²) in [5.41, 5.74) is 0. The number of hydrogen-bond donors (Lipinski definition) is 1. The predicted molar refractivity (Wildman–Crippen MR) is 70.4 cm³/mol. The molecule has 4 heteroatoms. The van der Waals surface area contributed by atoms with Crippen molar-refractivity contribution in [1.29, 1.82) is 0 Å². The maximum Gasteiger partial charge on any atom is 0.0826 e. The summed E-state index contributed by atoms with van der Waals surface area (Å²) in [7, 11) is 4.40. The Balaban J connectivity index is 1.67. The highest BCUT2D eigenvalue weighted by Gasteiger charge is 2.24. The molecule has 2 aliphatic heterocycles. The number of likely N-dealkylation sites (N-methyl/N-ethyl adjacent to an activating group) is 1. The van der Waals surface area contributed by atoms with Crippen molar-refractivity contribution in [1.82, 2.24) is 15.1 Å². The highest BCUT2D eigenvalue weighted by atomic mass is 16.5. The lowest BCUT2D eigenvalue weighted by atomic mass is 9.99. The fraction of sp³-hybridized carbons (Fsp3) is 1.00. The zero-order chi connectivity index (χ0) is 12.3. The zero-order valence-electron chi connectivity index (χ0n) is 11.5. The first-order chi connectivity index (χ1) is 8.15. The summed E-state index contributed by atoms with van der Waals surface area (Å²) in [4.78, 5) is 4.80. The first kappa shape index (κ1) is 13.3. The molecular formula is C13H27N3O. The number of hydrogen-bond acceptors (Lipinski definition) is 4. The molecule has 0 aromatic rings. The number of nitrogens with zero attached hydrogens (tertiary/aromatic N) is 2. The van der Waals surface area contributed by atoms with Crippen molar-refractivity contribution in [3.63, 3.8) is 0 Å². The number of morpholine rings is 1. The molecule has 4 nitrogen and oxygen atoms in total. The van der Waals surface area contributed by atoms with Gasteiger partial charge in [0.05, 0.1) is 12.7 Å². The summed E-state index contributed by atoms with van der Waals surface area (Å²) in [5, 5.41) is 3.68. The van der Waals surface area contributed by atoms with E-state index in [1.165, 1.54) is 19.4 Å². The lowest BCUT2D eigenvalue weighted by Crippen LogP contribution is -2.50. The third-order valence-corrected chi connectivity index (χ3v) is 4.18. The van der Waals surface area contributed by atoms with E-state index in [0.29, 0.717) is 18.2 Å². The van der Waals surface area contributed by atoms with Gasteiger partial charge in [-0.2, -0.15) is 0 Å². The summed E-state index contributed by atoms with van der Waals surface area (Å²) in [6, 6.07) is 1.38. The van der Waals surface area contributed by atoms with Gasteiger partial charge in [-0.1, -0.05) is 0 Å². The average Bonchev–Trinajstić information content (AvgIpc) is 2.31. The third kappa shape index (κ3) is 3.91. The minimum atomic E-state index is 0.378. The molecule has 0 amide bonds. The van der Waals surface area contributed by atoms with Crippen LogP contribution in [-0.2, 0) is 4.74 Å². The molecule has 0 aromatic heterocycles. The van der Waals surface area contributed by atoms with Crippen molar-refractivity contribution in [3.8, 4) is 0 Å². The molecule has 2 aliphatic rings. The maximum atomic E-state index is 5.77. The molecule has 0 radical (unpaired) electrons. The van der Waals surface area contributed by atoms with E-state index in [2.05, 4.69) is 36.1 Å². The van der Waals surface area contributed by atoms with Gasteiger partial charge in [0.25, 0.3) is 0 Å². The van der Waals surface area contributed by atoms with Crippen LogP contribution in [0.15, 0.2) is 0 Å². The van der Waals surface area contributed by atoms with Gasteiger partial charge in [-0.05, 0) is 40.4 Å². The number of likely N-dealkylation sites (tertiary alicyclic amines) is 1. The van der Waals surface area contributed by atoms with E-state index in [9.17, 15) is 0 Å². The molecule has 100 valence electrons. The number of ether oxygens (including phenoxy) is 1. The number of piperidine rings is 1. The minimum Gasteiger partial charge on any atom is -0.374 e. The van der Waals surface area contributed by atoms with Crippen LogP contribution in [0.5, 0.6) is 0 Å². The highest BCUT2D eigenvalue weighted by Crippen LogP contribution is 2.15. The molecule has 2 saturated heterocycles. The first-order valence-electron chi connectivity index (χ1n) is 6.89. The molecule has 2 fully saturated rings. The Morgan fingerprint density at radius 1 is 1.29 bits per heavy atom. The summed E-state index contributed by atoms with van der Waals surface area (Å²) in [6.45, 7) is 7.55. The van der Waals surface area contributed by atoms with Gasteiger partial charge in [-0.3, -0.25) is 0 Å². The van der Waals surface area contributed by atoms with Gasteiger partial charge < -0.3 is 19.9 Å². The van der Waals surface area contributed by atoms with Crippen molar-refractivity contribution in [2.24, 2.45) is 0 Å². The van der Waals surface area contributed by atoms with E-state index >= 15 is 0 Å². The van der Waals surface area contributed by atoms with E-state index in [1.807, 2.05) is 0 Å². The van der Waals surface area contributed by atoms with E-state index < -0.39 is 0 Å². The Bertz CT molecular complexity index is 237. The second-order valence-electron chi connectivity index (χ2n) is 5.71. The largest absolute Gasteiger partial charge is 0.374 e. The van der Waals surface area contributed by atoms with Crippen LogP contribution in [0.2, 0.25) is 0 Å². The fourth-order valence-corrected chi connectivity index (χ4v) is 2.76. The molecule has 0 saturated carbocycles. The third-order valence-electron chi connectivity index (χ3n) is 4.18. The van der Waals surface area contributed by atoms with Crippen molar-refractivity contribution < 1.29 is 4.74 Å². The Kier molecular flexibility index (Phi) is 4.79. The Morgan fingerprint density at radius 3 is 2.82 bits per heavy atom. The molecule has 2 heterocycles. The van der Waals surface area contributed by atoms with Crippen LogP contribution in [0.1, 0.15) is 19.8 Å². The Morgan fingerprint density at radius 2 is 2.12 bits per heavy atom. The van der Waals surface area contributed by atoms with Crippen LogP contribution in [0.3, 0.4) is 0 Å². The second kappa shape index (κ2) is 6.14. The van der Waals surface area contributed by atoms with Gasteiger partial charge in [-0.25, -0.2) is 0 Å². The molecule has 0 aromatic carbocycles. The monoisotopic (exact) mass is 241 g/mol. The smallest absolute Gasteiger partial charge is 0.0826 e. The van der Waals surface area contributed by atoms with Crippen LogP contribution in [0.4, 0.5) is 0 Å². The van der Waals surface area contributed by atoms with Crippen LogP contribution in [0.25, 0.3) is 0 Å². The normalized spacial score (nSPS) is 37.2. The van der Waals surface area contributed by atoms with Crippen molar-refractivity contribution in [2.75, 3.05) is 46.9 Å². The molecule has 17 heavy (non-hydrogen) atoms. The minimum absolute atomic E-state index is 0.378. The van der Waals surface area contributed by atoms with Crippen LogP contribution < -0.4 is 5.32 Å². The Hall–Kier alpha value is -0.160. The highest BCUT2D eigenvalue weighted by molar-refractivity contribution is 4.82. The molecular weight excluding hydrogens is 214 g/mol. The van der Waals surface area contributed by atoms with E-state index in [1.54, 1.807) is 0 Å². The van der Waals surface area contributed by atoms with Gasteiger partial charge >= 0.3 is 0 Å². The van der Waals surface area contributed by atoms with E-state index in [4.69, 9.17) is 4.74 Å². The summed E-state index contributed by atoms with van der Waals surface area (Å²) >= 11 is 0. The van der Waals surface area contributed by atoms with Crippen molar-refractivity contribution >= 4 is 0 Å². The van der Waals surface area contributed by atoms with Gasteiger partial charge in [0.2, 0.25) is 0 Å². The molecule has 3 atom stereocenters. The molecule has 3 unspecified atom stereocenters. The second-order valence-corrected chi connectivity index (χ2v) is 5.71. The van der Waals surface area contributed by atoms with E-state index in [0.717, 1.165) is 26.2 Å². The summed E-state index contributed by atoms with van der Waals surface area (Å²) in [5.74, 6) is 0. The summed E-state index contributed by atoms with van der Waals surface area (Å²) < 4.78 is 5.77. The number of nitrogens with one attached hydrogen (secondary N) is 1. The van der Waals surface area contributed by atoms with Gasteiger partial charge in [0.1, 0.15) is 0 Å². The van der Waals surface area contributed by atoms with Gasteiger partial charge in [-0.15, -0.1) is 0 Å². The standard InChI is InChI=1S/C13H27N3O/c1-11-8-12(4-5-16(11)3)14-9-13-10-15(2)6-7-17-13/h11-14H,4-10H2,1-3H3. The maximum absolute atomic E-state index is 5.77. The van der Waals surface area contributed by atoms with Crippen molar-refractivity contribution in [3.05, 3.63) is 0 Å². The Labute approximate surface area is 105 Å². The molecule has 1 N–H and O–H groups in total. The topological polar surface area (TPSA) is 27.7 Å². The van der Waals surface area contributed by atoms with Crippen molar-refractivity contribution in [2.45, 2.75) is 38.0 Å². The lowest BCUT2D eigenvalue weighted by molar-refractivity contribution is -0.0205. The lowest BCUT2D eigenvalue weighted by Gasteiger charge is -2.37. The SMILES string of the molecule is CC1CC(NCC2CN(C)CCO2)CCN1C. The molecule has 0 spiro atoms. The zero-order valence-corrected chi connectivity index (χ0v) is 11.5. The van der Waals surface area contributed by atoms with Gasteiger partial charge in [0, 0.05) is 31.7 Å².